The fourth-order valence-corrected chi connectivity index (χ4v) is 5.34. The number of nitrogens with zero attached hydrogens (tertiary/aromatic N) is 3. The van der Waals surface area contributed by atoms with Crippen LogP contribution in [0.3, 0.4) is 0 Å². The van der Waals surface area contributed by atoms with E-state index in [0.29, 0.717) is 30.2 Å². The van der Waals surface area contributed by atoms with Crippen molar-refractivity contribution in [3.63, 3.8) is 0 Å². The Morgan fingerprint density at radius 3 is 2.38 bits per heavy atom. The standard InChI is InChI=1S/C27H35FN4O2/c1-17-11-22(12-18(2)29-17)26(33)30-25-14-24(28)13-23(20(25)4)16-31-9-10-32(19(3)15-31)27(34)21-7-5-6-8-21/h11-14,19,21H,5-10,15-16H2,1-4H3,(H,30,33). The summed E-state index contributed by atoms with van der Waals surface area (Å²) >= 11 is 0. The Bertz CT molecular complexity index is 1060. The van der Waals surface area contributed by atoms with Gasteiger partial charge < -0.3 is 10.2 Å². The zero-order valence-electron chi connectivity index (χ0n) is 20.7. The maximum Gasteiger partial charge on any atom is 0.255 e. The predicted octanol–water partition coefficient (Wildman–Crippen LogP) is 4.62. The molecule has 2 fully saturated rings. The first-order valence-electron chi connectivity index (χ1n) is 12.3. The molecular weight excluding hydrogens is 431 g/mol. The van der Waals surface area contributed by atoms with Gasteiger partial charge in [0.15, 0.2) is 0 Å². The van der Waals surface area contributed by atoms with Crippen molar-refractivity contribution >= 4 is 17.5 Å². The number of rotatable bonds is 5. The first-order valence-corrected chi connectivity index (χ1v) is 12.3. The van der Waals surface area contributed by atoms with Gasteiger partial charge in [-0.25, -0.2) is 4.39 Å². The predicted molar refractivity (Wildman–Crippen MR) is 131 cm³/mol. The molecule has 1 aromatic heterocycles. The van der Waals surface area contributed by atoms with Crippen LogP contribution in [-0.2, 0) is 11.3 Å². The van der Waals surface area contributed by atoms with Crippen molar-refractivity contribution in [3.05, 3.63) is 58.2 Å². The normalized spacial score (nSPS) is 19.4. The van der Waals surface area contributed by atoms with Gasteiger partial charge in [0.05, 0.1) is 0 Å². The molecule has 2 amide bonds. The van der Waals surface area contributed by atoms with Gasteiger partial charge in [-0.1, -0.05) is 12.8 Å². The van der Waals surface area contributed by atoms with Crippen LogP contribution in [0.2, 0.25) is 0 Å². The SMILES string of the molecule is Cc1cc(C(=O)Nc2cc(F)cc(CN3CCN(C(=O)C4CCCC4)C(C)C3)c2C)cc(C)n1. The fourth-order valence-electron chi connectivity index (χ4n) is 5.34. The highest BCUT2D eigenvalue weighted by molar-refractivity contribution is 6.04. The van der Waals surface area contributed by atoms with E-state index in [1.165, 1.54) is 6.07 Å². The monoisotopic (exact) mass is 466 g/mol. The molecule has 0 radical (unpaired) electrons. The number of piperazine rings is 1. The molecule has 0 spiro atoms. The van der Waals surface area contributed by atoms with Crippen LogP contribution in [0.15, 0.2) is 24.3 Å². The Morgan fingerprint density at radius 1 is 1.06 bits per heavy atom. The van der Waals surface area contributed by atoms with Crippen LogP contribution < -0.4 is 5.32 Å². The number of hydrogen-bond donors (Lipinski definition) is 1. The summed E-state index contributed by atoms with van der Waals surface area (Å²) in [5.41, 5.74) is 4.22. The average molecular weight is 467 g/mol. The van der Waals surface area contributed by atoms with Gasteiger partial charge in [0, 0.05) is 60.8 Å². The molecule has 2 aliphatic rings. The van der Waals surface area contributed by atoms with Crippen LogP contribution in [-0.4, -0.2) is 52.3 Å². The second-order valence-electron chi connectivity index (χ2n) is 9.93. The molecule has 1 unspecified atom stereocenters. The van der Waals surface area contributed by atoms with Crippen LogP contribution in [0.25, 0.3) is 0 Å². The number of halogens is 1. The molecule has 1 aromatic carbocycles. The maximum absolute atomic E-state index is 14.5. The molecule has 2 heterocycles. The lowest BCUT2D eigenvalue weighted by Crippen LogP contribution is -2.54. The van der Waals surface area contributed by atoms with E-state index in [2.05, 4.69) is 22.1 Å². The van der Waals surface area contributed by atoms with E-state index in [9.17, 15) is 14.0 Å². The summed E-state index contributed by atoms with van der Waals surface area (Å²) in [6.45, 7) is 10.5. The molecule has 182 valence electrons. The van der Waals surface area contributed by atoms with E-state index in [4.69, 9.17) is 0 Å². The quantitative estimate of drug-likeness (QED) is 0.698. The third-order valence-corrected chi connectivity index (χ3v) is 7.16. The van der Waals surface area contributed by atoms with Gasteiger partial charge in [-0.3, -0.25) is 19.5 Å². The average Bonchev–Trinajstić information content (AvgIpc) is 3.31. The second kappa shape index (κ2) is 10.2. The Labute approximate surface area is 201 Å². The van der Waals surface area contributed by atoms with E-state index >= 15 is 0 Å². The van der Waals surface area contributed by atoms with Crippen molar-refractivity contribution in [1.82, 2.24) is 14.8 Å². The lowest BCUT2D eigenvalue weighted by atomic mass is 10.0. The summed E-state index contributed by atoms with van der Waals surface area (Å²) in [6.07, 6.45) is 4.34. The summed E-state index contributed by atoms with van der Waals surface area (Å²) in [5.74, 6) is -0.154. The minimum Gasteiger partial charge on any atom is -0.337 e. The number of aromatic nitrogens is 1. The number of carbonyl (C=O) groups is 2. The number of carbonyl (C=O) groups excluding carboxylic acids is 2. The van der Waals surface area contributed by atoms with Gasteiger partial charge in [0.2, 0.25) is 5.91 Å². The number of anilines is 1. The molecule has 1 saturated carbocycles. The largest absolute Gasteiger partial charge is 0.337 e. The Hall–Kier alpha value is -2.80. The highest BCUT2D eigenvalue weighted by atomic mass is 19.1. The Balaban J connectivity index is 1.44. The van der Waals surface area contributed by atoms with Crippen molar-refractivity contribution in [2.45, 2.75) is 66.0 Å². The third-order valence-electron chi connectivity index (χ3n) is 7.16. The van der Waals surface area contributed by atoms with Crippen molar-refractivity contribution in [2.75, 3.05) is 25.0 Å². The molecule has 1 N–H and O–H groups in total. The van der Waals surface area contributed by atoms with Crippen LogP contribution in [0, 0.1) is 32.5 Å². The molecular formula is C27H35FN4O2. The van der Waals surface area contributed by atoms with Gasteiger partial charge in [-0.15, -0.1) is 0 Å². The van der Waals surface area contributed by atoms with E-state index in [0.717, 1.165) is 61.3 Å². The van der Waals surface area contributed by atoms with Crippen molar-refractivity contribution in [2.24, 2.45) is 5.92 Å². The van der Waals surface area contributed by atoms with E-state index in [-0.39, 0.29) is 23.7 Å². The third kappa shape index (κ3) is 5.46. The highest BCUT2D eigenvalue weighted by Crippen LogP contribution is 2.29. The summed E-state index contributed by atoms with van der Waals surface area (Å²) in [7, 11) is 0. The number of amides is 2. The lowest BCUT2D eigenvalue weighted by molar-refractivity contribution is -0.140. The summed E-state index contributed by atoms with van der Waals surface area (Å²) in [4.78, 5) is 34.3. The zero-order valence-corrected chi connectivity index (χ0v) is 20.7. The molecule has 4 rings (SSSR count). The second-order valence-corrected chi connectivity index (χ2v) is 9.93. The highest BCUT2D eigenvalue weighted by Gasteiger charge is 2.33. The van der Waals surface area contributed by atoms with Crippen LogP contribution >= 0.6 is 0 Å². The number of pyridine rings is 1. The topological polar surface area (TPSA) is 65.5 Å². The van der Waals surface area contributed by atoms with Gasteiger partial charge >= 0.3 is 0 Å². The minimum absolute atomic E-state index is 0.132. The Kier molecular flexibility index (Phi) is 7.31. The van der Waals surface area contributed by atoms with E-state index in [1.54, 1.807) is 18.2 Å². The molecule has 1 saturated heterocycles. The maximum atomic E-state index is 14.5. The number of benzene rings is 1. The van der Waals surface area contributed by atoms with Gasteiger partial charge in [0.25, 0.3) is 5.91 Å². The van der Waals surface area contributed by atoms with Crippen molar-refractivity contribution in [3.8, 4) is 0 Å². The molecule has 0 bridgehead atoms. The molecule has 1 aliphatic heterocycles. The van der Waals surface area contributed by atoms with Crippen LogP contribution in [0.4, 0.5) is 10.1 Å². The zero-order chi connectivity index (χ0) is 24.4. The fraction of sp³-hybridized carbons (Fsp3) is 0.519. The van der Waals surface area contributed by atoms with Gasteiger partial charge in [-0.2, -0.15) is 0 Å². The number of aryl methyl sites for hydroxylation is 2. The molecule has 7 heteroatoms. The molecule has 2 aromatic rings. The molecule has 34 heavy (non-hydrogen) atoms. The van der Waals surface area contributed by atoms with Crippen molar-refractivity contribution < 1.29 is 14.0 Å². The van der Waals surface area contributed by atoms with Gasteiger partial charge in [0.1, 0.15) is 5.82 Å². The van der Waals surface area contributed by atoms with Crippen molar-refractivity contribution in [1.29, 1.82) is 0 Å². The smallest absolute Gasteiger partial charge is 0.255 e. The first-order chi connectivity index (χ1) is 16.2. The lowest BCUT2D eigenvalue weighted by Gasteiger charge is -2.41. The van der Waals surface area contributed by atoms with Gasteiger partial charge in [-0.05, 0) is 75.9 Å². The first kappa shape index (κ1) is 24.3. The molecule has 1 aliphatic carbocycles. The summed E-state index contributed by atoms with van der Waals surface area (Å²) in [6, 6.07) is 6.51. The van der Waals surface area contributed by atoms with E-state index < -0.39 is 0 Å². The van der Waals surface area contributed by atoms with Crippen LogP contribution in [0.1, 0.15) is 65.5 Å². The van der Waals surface area contributed by atoms with E-state index in [1.807, 2.05) is 25.7 Å². The molecule has 1 atom stereocenters. The Morgan fingerprint density at radius 2 is 1.74 bits per heavy atom. The number of hydrogen-bond acceptors (Lipinski definition) is 4. The summed E-state index contributed by atoms with van der Waals surface area (Å²) in [5, 5.41) is 2.88. The minimum atomic E-state index is -0.374. The summed E-state index contributed by atoms with van der Waals surface area (Å²) < 4.78 is 14.5. The number of nitrogens with one attached hydrogen (secondary N) is 1. The molecule has 6 nitrogen and oxygen atoms in total. The van der Waals surface area contributed by atoms with Crippen LogP contribution in [0.5, 0.6) is 0 Å².